The van der Waals surface area contributed by atoms with E-state index in [0.717, 1.165) is 12.8 Å². The number of benzene rings is 1. The summed E-state index contributed by atoms with van der Waals surface area (Å²) in [6.45, 7) is 2.06. The number of hydrogen-bond acceptors (Lipinski definition) is 7. The van der Waals surface area contributed by atoms with Gasteiger partial charge in [0.05, 0.1) is 11.5 Å². The van der Waals surface area contributed by atoms with Crippen LogP contribution in [-0.2, 0) is 14.8 Å². The van der Waals surface area contributed by atoms with Crippen LogP contribution in [0.2, 0.25) is 0 Å². The SMILES string of the molecule is COCCNc1oc(-c2ccc(S(=O)(=O)N3CCCC3)cc2)nc1C#N. The van der Waals surface area contributed by atoms with E-state index in [0.29, 0.717) is 31.8 Å². The van der Waals surface area contributed by atoms with Crippen molar-refractivity contribution in [1.82, 2.24) is 9.29 Å². The molecule has 1 saturated heterocycles. The quantitative estimate of drug-likeness (QED) is 0.737. The Morgan fingerprint density at radius 2 is 2.00 bits per heavy atom. The molecule has 1 aliphatic rings. The van der Waals surface area contributed by atoms with Crippen LogP contribution in [0.1, 0.15) is 18.5 Å². The van der Waals surface area contributed by atoms with Crippen LogP contribution < -0.4 is 5.32 Å². The van der Waals surface area contributed by atoms with Gasteiger partial charge >= 0.3 is 0 Å². The maximum atomic E-state index is 12.6. The molecule has 0 aliphatic carbocycles. The number of oxazole rings is 1. The monoisotopic (exact) mass is 376 g/mol. The number of sulfonamides is 1. The van der Waals surface area contributed by atoms with E-state index in [4.69, 9.17) is 9.15 Å². The first-order valence-corrected chi connectivity index (χ1v) is 9.74. The van der Waals surface area contributed by atoms with Gasteiger partial charge in [-0.2, -0.15) is 14.6 Å². The van der Waals surface area contributed by atoms with E-state index < -0.39 is 10.0 Å². The Balaban J connectivity index is 1.81. The molecule has 3 rings (SSSR count). The van der Waals surface area contributed by atoms with Crippen molar-refractivity contribution in [3.05, 3.63) is 30.0 Å². The Labute approximate surface area is 152 Å². The number of nitrogens with zero attached hydrogens (tertiary/aromatic N) is 3. The van der Waals surface area contributed by atoms with Crippen molar-refractivity contribution < 1.29 is 17.6 Å². The van der Waals surface area contributed by atoms with Crippen LogP contribution in [0.3, 0.4) is 0 Å². The third-order valence-corrected chi connectivity index (χ3v) is 6.04. The van der Waals surface area contributed by atoms with Crippen molar-refractivity contribution in [3.63, 3.8) is 0 Å². The van der Waals surface area contributed by atoms with Gasteiger partial charge in [-0.15, -0.1) is 0 Å². The minimum absolute atomic E-state index is 0.143. The summed E-state index contributed by atoms with van der Waals surface area (Å²) in [5.74, 6) is 0.528. The molecular weight excluding hydrogens is 356 g/mol. The summed E-state index contributed by atoms with van der Waals surface area (Å²) in [5, 5.41) is 12.1. The summed E-state index contributed by atoms with van der Waals surface area (Å²) in [5.41, 5.74) is 0.742. The third kappa shape index (κ3) is 3.72. The van der Waals surface area contributed by atoms with E-state index in [-0.39, 0.29) is 22.4 Å². The normalized spacial score (nSPS) is 15.1. The predicted molar refractivity (Wildman–Crippen MR) is 95.0 cm³/mol. The van der Waals surface area contributed by atoms with Crippen molar-refractivity contribution in [1.29, 1.82) is 5.26 Å². The molecule has 1 N–H and O–H groups in total. The second kappa shape index (κ2) is 7.86. The van der Waals surface area contributed by atoms with Crippen LogP contribution in [-0.4, -0.2) is 51.1 Å². The number of anilines is 1. The van der Waals surface area contributed by atoms with E-state index in [1.54, 1.807) is 19.2 Å². The van der Waals surface area contributed by atoms with Gasteiger partial charge in [0.25, 0.3) is 0 Å². The van der Waals surface area contributed by atoms with Gasteiger partial charge in [-0.1, -0.05) is 0 Å². The highest BCUT2D eigenvalue weighted by Gasteiger charge is 2.27. The zero-order chi connectivity index (χ0) is 18.6. The number of ether oxygens (including phenoxy) is 1. The lowest BCUT2D eigenvalue weighted by atomic mass is 10.2. The summed E-state index contributed by atoms with van der Waals surface area (Å²) in [7, 11) is -1.88. The van der Waals surface area contributed by atoms with E-state index in [2.05, 4.69) is 10.3 Å². The number of hydrogen-bond donors (Lipinski definition) is 1. The molecule has 2 heterocycles. The summed E-state index contributed by atoms with van der Waals surface area (Å²) in [6.07, 6.45) is 1.78. The maximum absolute atomic E-state index is 12.6. The molecule has 1 fully saturated rings. The second-order valence-electron chi connectivity index (χ2n) is 5.86. The van der Waals surface area contributed by atoms with Gasteiger partial charge in [0.2, 0.25) is 27.5 Å². The lowest BCUT2D eigenvalue weighted by Gasteiger charge is -2.15. The molecule has 138 valence electrons. The van der Waals surface area contributed by atoms with Crippen LogP contribution in [0.5, 0.6) is 0 Å². The second-order valence-corrected chi connectivity index (χ2v) is 7.80. The molecule has 2 aromatic rings. The molecule has 1 aliphatic heterocycles. The highest BCUT2D eigenvalue weighted by Crippen LogP contribution is 2.27. The van der Waals surface area contributed by atoms with Gasteiger partial charge in [-0.25, -0.2) is 8.42 Å². The highest BCUT2D eigenvalue weighted by atomic mass is 32.2. The highest BCUT2D eigenvalue weighted by molar-refractivity contribution is 7.89. The summed E-state index contributed by atoms with van der Waals surface area (Å²) in [6, 6.07) is 8.32. The van der Waals surface area contributed by atoms with E-state index >= 15 is 0 Å². The molecule has 26 heavy (non-hydrogen) atoms. The minimum Gasteiger partial charge on any atom is -0.419 e. The first-order chi connectivity index (χ1) is 12.6. The summed E-state index contributed by atoms with van der Waals surface area (Å²) in [4.78, 5) is 4.40. The van der Waals surface area contributed by atoms with Crippen molar-refractivity contribution in [3.8, 4) is 17.5 Å². The molecule has 1 aromatic heterocycles. The number of nitriles is 1. The molecule has 0 atom stereocenters. The summed E-state index contributed by atoms with van der Waals surface area (Å²) >= 11 is 0. The molecule has 0 radical (unpaired) electrons. The van der Waals surface area contributed by atoms with E-state index in [1.807, 2.05) is 6.07 Å². The van der Waals surface area contributed by atoms with Gasteiger partial charge in [-0.3, -0.25) is 0 Å². The van der Waals surface area contributed by atoms with Gasteiger partial charge in [0.1, 0.15) is 6.07 Å². The fourth-order valence-corrected chi connectivity index (χ4v) is 4.27. The number of methoxy groups -OCH3 is 1. The molecule has 9 heteroatoms. The topological polar surface area (TPSA) is 108 Å². The molecule has 0 saturated carbocycles. The smallest absolute Gasteiger partial charge is 0.243 e. The average molecular weight is 376 g/mol. The van der Waals surface area contributed by atoms with Gasteiger partial charge < -0.3 is 14.5 Å². The Hall–Kier alpha value is -2.41. The van der Waals surface area contributed by atoms with E-state index in [1.165, 1.54) is 16.4 Å². The van der Waals surface area contributed by atoms with Crippen molar-refractivity contribution >= 4 is 15.9 Å². The standard InChI is InChI=1S/C17H20N4O4S/c1-24-11-8-19-17-15(12-18)20-16(25-17)13-4-6-14(7-5-13)26(22,23)21-9-2-3-10-21/h4-7,19H,2-3,8-11H2,1H3. The zero-order valence-corrected chi connectivity index (χ0v) is 15.3. The lowest BCUT2D eigenvalue weighted by molar-refractivity contribution is 0.210. The van der Waals surface area contributed by atoms with Crippen molar-refractivity contribution in [2.24, 2.45) is 0 Å². The molecule has 8 nitrogen and oxygen atoms in total. The fraction of sp³-hybridized carbons (Fsp3) is 0.412. The Kier molecular flexibility index (Phi) is 5.56. The van der Waals surface area contributed by atoms with Crippen LogP contribution in [0.15, 0.2) is 33.6 Å². The molecule has 1 aromatic carbocycles. The van der Waals surface area contributed by atoms with Gasteiger partial charge in [-0.05, 0) is 37.1 Å². The predicted octanol–water partition coefficient (Wildman–Crippen LogP) is 2.06. The molecule has 0 spiro atoms. The van der Waals surface area contributed by atoms with Gasteiger partial charge in [0.15, 0.2) is 0 Å². The first kappa shape index (κ1) is 18.4. The fourth-order valence-electron chi connectivity index (χ4n) is 2.75. The summed E-state index contributed by atoms with van der Waals surface area (Å²) < 4.78 is 37.2. The Morgan fingerprint density at radius 3 is 2.62 bits per heavy atom. The van der Waals surface area contributed by atoms with Crippen molar-refractivity contribution in [2.75, 3.05) is 38.7 Å². The van der Waals surface area contributed by atoms with Crippen molar-refractivity contribution in [2.45, 2.75) is 17.7 Å². The average Bonchev–Trinajstić information content (AvgIpc) is 3.32. The Morgan fingerprint density at radius 1 is 1.31 bits per heavy atom. The number of rotatable bonds is 7. The van der Waals surface area contributed by atoms with Crippen LogP contribution in [0.4, 0.5) is 5.88 Å². The molecule has 0 amide bonds. The number of aromatic nitrogens is 1. The van der Waals surface area contributed by atoms with E-state index in [9.17, 15) is 13.7 Å². The minimum atomic E-state index is -3.46. The maximum Gasteiger partial charge on any atom is 0.243 e. The van der Waals surface area contributed by atoms with Crippen LogP contribution in [0.25, 0.3) is 11.5 Å². The van der Waals surface area contributed by atoms with Crippen LogP contribution in [0, 0.1) is 11.3 Å². The number of nitrogens with one attached hydrogen (secondary N) is 1. The molecule has 0 bridgehead atoms. The molecular formula is C17H20N4O4S. The lowest BCUT2D eigenvalue weighted by Crippen LogP contribution is -2.27. The Bertz CT molecular complexity index is 894. The largest absolute Gasteiger partial charge is 0.419 e. The van der Waals surface area contributed by atoms with Crippen LogP contribution >= 0.6 is 0 Å². The zero-order valence-electron chi connectivity index (χ0n) is 14.4. The first-order valence-electron chi connectivity index (χ1n) is 8.30. The van der Waals surface area contributed by atoms with Gasteiger partial charge in [0, 0.05) is 32.3 Å². The third-order valence-electron chi connectivity index (χ3n) is 4.13. The molecule has 0 unspecified atom stereocenters.